The molecule has 8 aromatic carbocycles. The molecule has 0 heterocycles. The highest BCUT2D eigenvalue weighted by atomic mass is 28.3. The molecule has 8 rings (SSSR count). The summed E-state index contributed by atoms with van der Waals surface area (Å²) in [5.74, 6) is 0. The van der Waals surface area contributed by atoms with E-state index in [4.69, 9.17) is 0 Å². The Morgan fingerprint density at radius 2 is 0.864 bits per heavy atom. The highest BCUT2D eigenvalue weighted by molar-refractivity contribution is 6.91. The first-order valence-electron chi connectivity index (χ1n) is 15.9. The number of hydrogen-bond donors (Lipinski definition) is 0. The fourth-order valence-corrected chi connectivity index (χ4v) is 10.7. The normalized spacial score (nSPS) is 12.8. The zero-order valence-electron chi connectivity index (χ0n) is 26.5. The van der Waals surface area contributed by atoms with Crippen LogP contribution in [0.5, 0.6) is 0 Å². The van der Waals surface area contributed by atoms with Crippen LogP contribution < -0.4 is 10.4 Å². The summed E-state index contributed by atoms with van der Waals surface area (Å²) in [4.78, 5) is 0. The van der Waals surface area contributed by atoms with Gasteiger partial charge in [-0.3, -0.25) is 0 Å². The molecule has 0 amide bonds. The van der Waals surface area contributed by atoms with E-state index in [9.17, 15) is 0 Å². The Kier molecular flexibility index (Phi) is 5.98. The van der Waals surface area contributed by atoms with Crippen molar-refractivity contribution in [2.24, 2.45) is 0 Å². The summed E-state index contributed by atoms with van der Waals surface area (Å²) in [6, 6.07) is 46.3. The van der Waals surface area contributed by atoms with Crippen LogP contribution in [0.4, 0.5) is 0 Å². The molecule has 0 fully saturated rings. The molecule has 2 heteroatoms. The highest BCUT2D eigenvalue weighted by Gasteiger charge is 2.28. The molecule has 0 aromatic heterocycles. The standard InChI is InChI=1S/C42H38Si2/c1-43(2,3)39-25-37(30-19-18-27-12-7-8-14-29(27)24-30)33-20-22-36-40(44(4,5)6)26-38(34-21-23-35(39)41(33)42(34)36)32-17-11-15-28-13-9-10-16-31(28)32/h7-26H,1-6H3. The van der Waals surface area contributed by atoms with Crippen LogP contribution in [0.2, 0.25) is 39.3 Å². The van der Waals surface area contributed by atoms with Crippen LogP contribution in [-0.4, -0.2) is 16.1 Å². The second-order valence-corrected chi connectivity index (χ2v) is 24.7. The van der Waals surface area contributed by atoms with Crippen LogP contribution in [-0.2, 0) is 0 Å². The topological polar surface area (TPSA) is 0 Å². The Bertz CT molecular complexity index is 2390. The Morgan fingerprint density at radius 1 is 0.341 bits per heavy atom. The second kappa shape index (κ2) is 9.63. The first-order valence-corrected chi connectivity index (χ1v) is 22.9. The van der Waals surface area contributed by atoms with Gasteiger partial charge >= 0.3 is 0 Å². The second-order valence-electron chi connectivity index (χ2n) is 14.6. The van der Waals surface area contributed by atoms with E-state index in [1.807, 2.05) is 0 Å². The molecule has 0 spiro atoms. The quantitative estimate of drug-likeness (QED) is 0.140. The van der Waals surface area contributed by atoms with Gasteiger partial charge in [0, 0.05) is 0 Å². The fraction of sp³-hybridized carbons (Fsp3) is 0.143. The van der Waals surface area contributed by atoms with Gasteiger partial charge in [0.1, 0.15) is 0 Å². The molecule has 0 nitrogen and oxygen atoms in total. The van der Waals surface area contributed by atoms with E-state index < -0.39 is 16.1 Å². The summed E-state index contributed by atoms with van der Waals surface area (Å²) >= 11 is 0. The average molecular weight is 599 g/mol. The van der Waals surface area contributed by atoms with Crippen molar-refractivity contribution in [3.8, 4) is 22.3 Å². The monoisotopic (exact) mass is 598 g/mol. The van der Waals surface area contributed by atoms with E-state index in [2.05, 4.69) is 161 Å². The summed E-state index contributed by atoms with van der Waals surface area (Å²) in [7, 11) is -3.41. The highest BCUT2D eigenvalue weighted by Crippen LogP contribution is 2.44. The van der Waals surface area contributed by atoms with Crippen molar-refractivity contribution < 1.29 is 0 Å². The van der Waals surface area contributed by atoms with E-state index >= 15 is 0 Å². The minimum absolute atomic E-state index is 1.29. The van der Waals surface area contributed by atoms with Crippen molar-refractivity contribution in [2.45, 2.75) is 39.3 Å². The third-order valence-corrected chi connectivity index (χ3v) is 13.7. The van der Waals surface area contributed by atoms with Gasteiger partial charge in [-0.2, -0.15) is 0 Å². The van der Waals surface area contributed by atoms with Crippen LogP contribution in [0.25, 0.3) is 76.1 Å². The molecule has 44 heavy (non-hydrogen) atoms. The molecule has 0 unspecified atom stereocenters. The predicted molar refractivity (Wildman–Crippen MR) is 202 cm³/mol. The minimum Gasteiger partial charge on any atom is -0.0656 e. The molecular weight excluding hydrogens is 561 g/mol. The number of hydrogen-bond acceptors (Lipinski definition) is 0. The lowest BCUT2D eigenvalue weighted by Crippen LogP contribution is -2.39. The number of benzene rings is 8. The van der Waals surface area contributed by atoms with Crippen LogP contribution in [0.1, 0.15) is 0 Å². The average Bonchev–Trinajstić information content (AvgIpc) is 3.01. The summed E-state index contributed by atoms with van der Waals surface area (Å²) in [6.45, 7) is 15.0. The summed E-state index contributed by atoms with van der Waals surface area (Å²) in [5.41, 5.74) is 5.37. The zero-order chi connectivity index (χ0) is 30.4. The van der Waals surface area contributed by atoms with Crippen LogP contribution >= 0.6 is 0 Å². The lowest BCUT2D eigenvalue weighted by atomic mass is 9.86. The first-order chi connectivity index (χ1) is 21.1. The van der Waals surface area contributed by atoms with Gasteiger partial charge in [0.2, 0.25) is 0 Å². The molecule has 0 saturated heterocycles. The van der Waals surface area contributed by atoms with Crippen molar-refractivity contribution in [3.05, 3.63) is 121 Å². The lowest BCUT2D eigenvalue weighted by molar-refractivity contribution is 1.67. The van der Waals surface area contributed by atoms with Crippen LogP contribution in [0, 0.1) is 0 Å². The van der Waals surface area contributed by atoms with Gasteiger partial charge in [-0.05, 0) is 82.2 Å². The van der Waals surface area contributed by atoms with E-state index in [1.54, 1.807) is 10.4 Å². The Hall–Kier alpha value is -4.25. The van der Waals surface area contributed by atoms with Crippen LogP contribution in [0.15, 0.2) is 121 Å². The van der Waals surface area contributed by atoms with Crippen molar-refractivity contribution >= 4 is 80.4 Å². The van der Waals surface area contributed by atoms with E-state index in [0.717, 1.165) is 0 Å². The molecule has 0 aliphatic carbocycles. The molecule has 0 saturated carbocycles. The smallest absolute Gasteiger partial charge is 0.0656 e. The SMILES string of the molecule is C[Si](C)(C)c1cc(-c2ccc3ccccc3c2)c2ccc3c([Si](C)(C)C)cc(-c4cccc5ccccc45)c4ccc1c2c43. The van der Waals surface area contributed by atoms with Crippen molar-refractivity contribution in [1.82, 2.24) is 0 Å². The molecule has 0 radical (unpaired) electrons. The number of fused-ring (bicyclic) bond motifs is 2. The van der Waals surface area contributed by atoms with Crippen LogP contribution in [0.3, 0.4) is 0 Å². The van der Waals surface area contributed by atoms with Gasteiger partial charge < -0.3 is 0 Å². The van der Waals surface area contributed by atoms with E-state index in [0.29, 0.717) is 0 Å². The van der Waals surface area contributed by atoms with Gasteiger partial charge in [-0.1, -0.05) is 165 Å². The zero-order valence-corrected chi connectivity index (χ0v) is 28.5. The Morgan fingerprint density at radius 3 is 1.52 bits per heavy atom. The van der Waals surface area contributed by atoms with Crippen molar-refractivity contribution in [2.75, 3.05) is 0 Å². The van der Waals surface area contributed by atoms with Gasteiger partial charge in [-0.15, -0.1) is 0 Å². The third kappa shape index (κ3) is 4.16. The lowest BCUT2D eigenvalue weighted by Gasteiger charge is -2.27. The molecule has 0 atom stereocenters. The molecule has 0 aliphatic rings. The Balaban J connectivity index is 1.57. The summed E-state index contributed by atoms with van der Waals surface area (Å²) < 4.78 is 0. The predicted octanol–water partition coefficient (Wildman–Crippen LogP) is 11.3. The molecule has 0 bridgehead atoms. The number of rotatable bonds is 4. The van der Waals surface area contributed by atoms with Gasteiger partial charge in [0.05, 0.1) is 16.1 Å². The van der Waals surface area contributed by atoms with Gasteiger partial charge in [-0.25, -0.2) is 0 Å². The van der Waals surface area contributed by atoms with E-state index in [-0.39, 0.29) is 0 Å². The molecule has 0 N–H and O–H groups in total. The summed E-state index contributed by atoms with van der Waals surface area (Å²) in [6.07, 6.45) is 0. The maximum atomic E-state index is 2.55. The molecule has 214 valence electrons. The Labute approximate surface area is 262 Å². The fourth-order valence-electron chi connectivity index (χ4n) is 7.51. The molecule has 0 aliphatic heterocycles. The van der Waals surface area contributed by atoms with Gasteiger partial charge in [0.15, 0.2) is 0 Å². The summed E-state index contributed by atoms with van der Waals surface area (Å²) in [5, 5.41) is 16.8. The van der Waals surface area contributed by atoms with Gasteiger partial charge in [0.25, 0.3) is 0 Å². The third-order valence-electron chi connectivity index (χ3n) is 9.66. The first kappa shape index (κ1) is 27.3. The maximum absolute atomic E-state index is 2.55. The van der Waals surface area contributed by atoms with E-state index in [1.165, 1.54) is 76.1 Å². The largest absolute Gasteiger partial charge is 0.0784 e. The minimum atomic E-state index is -1.71. The molecule has 8 aromatic rings. The van der Waals surface area contributed by atoms with Crippen molar-refractivity contribution in [1.29, 1.82) is 0 Å². The maximum Gasteiger partial charge on any atom is 0.0784 e. The van der Waals surface area contributed by atoms with Crippen molar-refractivity contribution in [3.63, 3.8) is 0 Å². The molecular formula is C42H38Si2.